The van der Waals surface area contributed by atoms with E-state index in [9.17, 15) is 10.1 Å². The SMILES string of the molecule is COc1ccc(CC2(C#N)c3c(ccc(OC)c3OCc3ccccc3)C=CN2C(=O)c2ccccc2)c(Br)c1OC. The lowest BCUT2D eigenvalue weighted by Gasteiger charge is -2.41. The summed E-state index contributed by atoms with van der Waals surface area (Å²) in [5.74, 6) is 1.55. The molecule has 0 fully saturated rings. The minimum absolute atomic E-state index is 0.106. The fourth-order valence-electron chi connectivity index (χ4n) is 5.21. The molecule has 0 saturated heterocycles. The van der Waals surface area contributed by atoms with Gasteiger partial charge in [-0.25, -0.2) is 0 Å². The van der Waals surface area contributed by atoms with E-state index in [1.807, 2.05) is 60.7 Å². The van der Waals surface area contributed by atoms with E-state index in [2.05, 4.69) is 22.0 Å². The van der Waals surface area contributed by atoms with E-state index in [1.54, 1.807) is 57.9 Å². The monoisotopic (exact) mass is 624 g/mol. The normalized spacial score (nSPS) is 15.4. The first-order chi connectivity index (χ1) is 20.5. The Bertz CT molecular complexity index is 1670. The molecule has 0 bridgehead atoms. The van der Waals surface area contributed by atoms with E-state index in [-0.39, 0.29) is 18.9 Å². The largest absolute Gasteiger partial charge is 0.493 e. The zero-order valence-corrected chi connectivity index (χ0v) is 25.1. The maximum atomic E-state index is 14.1. The van der Waals surface area contributed by atoms with Gasteiger partial charge in [0.1, 0.15) is 6.61 Å². The fourth-order valence-corrected chi connectivity index (χ4v) is 5.84. The van der Waals surface area contributed by atoms with Crippen LogP contribution in [0.25, 0.3) is 6.08 Å². The van der Waals surface area contributed by atoms with Crippen molar-refractivity contribution in [2.24, 2.45) is 0 Å². The first kappa shape index (κ1) is 28.8. The van der Waals surface area contributed by atoms with Gasteiger partial charge in [-0.05, 0) is 63.0 Å². The Balaban J connectivity index is 1.73. The Labute approximate surface area is 253 Å². The number of fused-ring (bicyclic) bond motifs is 1. The van der Waals surface area contributed by atoms with Gasteiger partial charge in [-0.1, -0.05) is 60.7 Å². The molecule has 1 aliphatic rings. The molecule has 0 radical (unpaired) electrons. The third-order valence-corrected chi connectivity index (χ3v) is 8.13. The summed E-state index contributed by atoms with van der Waals surface area (Å²) in [5, 5.41) is 11.2. The minimum atomic E-state index is -1.53. The highest BCUT2D eigenvalue weighted by Crippen LogP contribution is 2.50. The molecule has 0 saturated carbocycles. The Kier molecular flexibility index (Phi) is 8.51. The highest BCUT2D eigenvalue weighted by atomic mass is 79.9. The minimum Gasteiger partial charge on any atom is -0.493 e. The first-order valence-corrected chi connectivity index (χ1v) is 14.0. The van der Waals surface area contributed by atoms with Gasteiger partial charge in [0.25, 0.3) is 5.91 Å². The fraction of sp³-hybridized carbons (Fsp3) is 0.176. The predicted molar refractivity (Wildman–Crippen MR) is 164 cm³/mol. The van der Waals surface area contributed by atoms with Crippen LogP contribution in [0.5, 0.6) is 23.0 Å². The molecule has 1 unspecified atom stereocenters. The lowest BCUT2D eigenvalue weighted by atomic mass is 9.78. The molecule has 1 aliphatic heterocycles. The number of nitrogens with zero attached hydrogens (tertiary/aromatic N) is 2. The standard InChI is InChI=1S/C34H29BrN2O5/c1-39-27-16-14-24-18-19-37(33(38)25-12-8-5-9-13-25)34(22-36,20-26-15-17-28(40-2)32(41-3)30(26)35)29(24)31(27)42-21-23-10-6-4-7-11-23/h4-19H,20-21H2,1-3H3. The van der Waals surface area contributed by atoms with Crippen molar-refractivity contribution in [3.05, 3.63) is 123 Å². The zero-order valence-electron chi connectivity index (χ0n) is 23.5. The molecule has 1 atom stereocenters. The van der Waals surface area contributed by atoms with Gasteiger partial charge in [0.2, 0.25) is 0 Å². The van der Waals surface area contributed by atoms with Crippen molar-refractivity contribution in [3.8, 4) is 29.1 Å². The third kappa shape index (κ3) is 5.19. The Morgan fingerprint density at radius 3 is 2.14 bits per heavy atom. The molecule has 1 amide bonds. The van der Waals surface area contributed by atoms with Crippen LogP contribution in [0.1, 0.15) is 32.6 Å². The molecule has 1 heterocycles. The van der Waals surface area contributed by atoms with Crippen LogP contribution in [0.15, 0.2) is 95.6 Å². The number of carbonyl (C=O) groups excluding carboxylic acids is 1. The number of hydrogen-bond donors (Lipinski definition) is 0. The summed E-state index contributed by atoms with van der Waals surface area (Å²) in [6, 6.07) is 28.5. The predicted octanol–water partition coefficient (Wildman–Crippen LogP) is 7.14. The number of halogens is 1. The molecular weight excluding hydrogens is 596 g/mol. The molecule has 5 rings (SSSR count). The number of rotatable bonds is 9. The molecule has 0 N–H and O–H groups in total. The van der Waals surface area contributed by atoms with Crippen LogP contribution >= 0.6 is 15.9 Å². The summed E-state index contributed by atoms with van der Waals surface area (Å²) in [6.45, 7) is 0.242. The van der Waals surface area contributed by atoms with Crippen molar-refractivity contribution in [3.63, 3.8) is 0 Å². The Morgan fingerprint density at radius 2 is 1.50 bits per heavy atom. The molecule has 8 heteroatoms. The molecule has 0 spiro atoms. The molecule has 42 heavy (non-hydrogen) atoms. The molecule has 7 nitrogen and oxygen atoms in total. The number of nitriles is 1. The number of benzene rings is 4. The van der Waals surface area contributed by atoms with Gasteiger partial charge in [0.15, 0.2) is 28.5 Å². The molecule has 0 aromatic heterocycles. The second-order valence-corrected chi connectivity index (χ2v) is 10.4. The van der Waals surface area contributed by atoms with Crippen molar-refractivity contribution in [1.29, 1.82) is 5.26 Å². The number of ether oxygens (including phenoxy) is 4. The second kappa shape index (κ2) is 12.4. The summed E-state index contributed by atoms with van der Waals surface area (Å²) in [7, 11) is 4.67. The van der Waals surface area contributed by atoms with Gasteiger partial charge < -0.3 is 18.9 Å². The summed E-state index contributed by atoms with van der Waals surface area (Å²) in [5.41, 5.74) is 1.89. The summed E-state index contributed by atoms with van der Waals surface area (Å²) >= 11 is 3.67. The summed E-state index contributed by atoms with van der Waals surface area (Å²) in [4.78, 5) is 15.6. The van der Waals surface area contributed by atoms with Crippen molar-refractivity contribution in [2.75, 3.05) is 21.3 Å². The highest BCUT2D eigenvalue weighted by molar-refractivity contribution is 9.10. The third-order valence-electron chi connectivity index (χ3n) is 7.26. The van der Waals surface area contributed by atoms with Crippen molar-refractivity contribution >= 4 is 27.9 Å². The molecular formula is C34H29BrN2O5. The summed E-state index contributed by atoms with van der Waals surface area (Å²) in [6.07, 6.45) is 3.60. The van der Waals surface area contributed by atoms with Crippen LogP contribution in [0, 0.1) is 11.3 Å². The van der Waals surface area contributed by atoms with Gasteiger partial charge in [-0.2, -0.15) is 5.26 Å². The maximum absolute atomic E-state index is 14.1. The lowest BCUT2D eigenvalue weighted by molar-refractivity contribution is 0.0691. The van der Waals surface area contributed by atoms with E-state index in [0.717, 1.165) is 16.7 Å². The van der Waals surface area contributed by atoms with Gasteiger partial charge in [0.05, 0.1) is 31.9 Å². The molecule has 0 aliphatic carbocycles. The lowest BCUT2D eigenvalue weighted by Crippen LogP contribution is -2.49. The number of amides is 1. The van der Waals surface area contributed by atoms with E-state index >= 15 is 0 Å². The van der Waals surface area contributed by atoms with Gasteiger partial charge in [0, 0.05) is 23.7 Å². The van der Waals surface area contributed by atoms with Crippen molar-refractivity contribution in [2.45, 2.75) is 18.6 Å². The Hall–Kier alpha value is -4.74. The smallest absolute Gasteiger partial charge is 0.259 e. The van der Waals surface area contributed by atoms with Gasteiger partial charge >= 0.3 is 0 Å². The van der Waals surface area contributed by atoms with E-state index in [0.29, 0.717) is 38.6 Å². The number of hydrogen-bond acceptors (Lipinski definition) is 6. The van der Waals surface area contributed by atoms with Gasteiger partial charge in [-0.15, -0.1) is 0 Å². The molecule has 212 valence electrons. The van der Waals surface area contributed by atoms with Crippen molar-refractivity contribution < 1.29 is 23.7 Å². The second-order valence-electron chi connectivity index (χ2n) is 9.62. The topological polar surface area (TPSA) is 81.0 Å². The Morgan fingerprint density at radius 1 is 0.857 bits per heavy atom. The van der Waals surface area contributed by atoms with E-state index in [1.165, 1.54) is 4.90 Å². The van der Waals surface area contributed by atoms with Crippen LogP contribution in [0.2, 0.25) is 0 Å². The average molecular weight is 626 g/mol. The van der Waals surface area contributed by atoms with Crippen molar-refractivity contribution in [1.82, 2.24) is 4.90 Å². The quantitative estimate of drug-likeness (QED) is 0.197. The highest BCUT2D eigenvalue weighted by Gasteiger charge is 2.48. The van der Waals surface area contributed by atoms with Gasteiger partial charge in [-0.3, -0.25) is 9.69 Å². The van der Waals surface area contributed by atoms with E-state index in [4.69, 9.17) is 18.9 Å². The van der Waals surface area contributed by atoms with E-state index < -0.39 is 5.54 Å². The van der Waals surface area contributed by atoms with Crippen LogP contribution < -0.4 is 18.9 Å². The summed E-state index contributed by atoms with van der Waals surface area (Å²) < 4.78 is 23.9. The van der Waals surface area contributed by atoms with Crippen LogP contribution in [0.3, 0.4) is 0 Å². The number of methoxy groups -OCH3 is 3. The number of carbonyl (C=O) groups is 1. The van der Waals surface area contributed by atoms with Crippen LogP contribution in [-0.4, -0.2) is 32.1 Å². The zero-order chi connectivity index (χ0) is 29.7. The molecule has 4 aromatic carbocycles. The van der Waals surface area contributed by atoms with Crippen LogP contribution in [-0.2, 0) is 18.6 Å². The average Bonchev–Trinajstić information content (AvgIpc) is 3.04. The molecule has 4 aromatic rings. The first-order valence-electron chi connectivity index (χ1n) is 13.2. The maximum Gasteiger partial charge on any atom is 0.259 e. The van der Waals surface area contributed by atoms with Crippen LogP contribution in [0.4, 0.5) is 0 Å².